The van der Waals surface area contributed by atoms with Crippen LogP contribution >= 0.6 is 11.6 Å². The summed E-state index contributed by atoms with van der Waals surface area (Å²) in [6.45, 7) is 1.73. The van der Waals surface area contributed by atoms with E-state index in [1.165, 1.54) is 12.8 Å². The molecule has 12 heavy (non-hydrogen) atoms. The molecular formula is C9H16ClNO. The molecule has 0 aromatic carbocycles. The van der Waals surface area contributed by atoms with Gasteiger partial charge in [0, 0.05) is 13.1 Å². The highest BCUT2D eigenvalue weighted by molar-refractivity contribution is 6.30. The summed E-state index contributed by atoms with van der Waals surface area (Å²) in [7, 11) is 1.86. The second kappa shape index (κ2) is 4.13. The third-order valence-electron chi connectivity index (χ3n) is 2.56. The van der Waals surface area contributed by atoms with Gasteiger partial charge in [-0.05, 0) is 19.8 Å². The quantitative estimate of drug-likeness (QED) is 0.609. The van der Waals surface area contributed by atoms with Gasteiger partial charge in [-0.2, -0.15) is 0 Å². The van der Waals surface area contributed by atoms with Crippen LogP contribution in [0.3, 0.4) is 0 Å². The Labute approximate surface area is 78.9 Å². The van der Waals surface area contributed by atoms with E-state index in [2.05, 4.69) is 0 Å². The van der Waals surface area contributed by atoms with Crippen LogP contribution in [0.2, 0.25) is 0 Å². The van der Waals surface area contributed by atoms with Gasteiger partial charge in [-0.3, -0.25) is 4.79 Å². The van der Waals surface area contributed by atoms with Gasteiger partial charge in [0.1, 0.15) is 5.38 Å². The number of halogens is 1. The highest BCUT2D eigenvalue weighted by atomic mass is 35.5. The van der Waals surface area contributed by atoms with E-state index in [1.54, 1.807) is 6.92 Å². The van der Waals surface area contributed by atoms with Crippen LogP contribution in [0.1, 0.15) is 32.6 Å². The molecule has 1 atom stereocenters. The molecule has 3 heteroatoms. The molecule has 0 aromatic heterocycles. The molecule has 0 N–H and O–H groups in total. The molecule has 0 aromatic rings. The number of alkyl halides is 1. The van der Waals surface area contributed by atoms with Crippen molar-refractivity contribution in [3.63, 3.8) is 0 Å². The van der Waals surface area contributed by atoms with Crippen LogP contribution in [0.5, 0.6) is 0 Å². The average molecular weight is 190 g/mol. The van der Waals surface area contributed by atoms with Crippen molar-refractivity contribution in [3.05, 3.63) is 0 Å². The van der Waals surface area contributed by atoms with E-state index < -0.39 is 0 Å². The smallest absolute Gasteiger partial charge is 0.240 e. The lowest BCUT2D eigenvalue weighted by molar-refractivity contribution is -0.131. The van der Waals surface area contributed by atoms with E-state index in [0.717, 1.165) is 12.8 Å². The summed E-state index contributed by atoms with van der Waals surface area (Å²) < 4.78 is 0. The molecule has 1 rings (SSSR count). The van der Waals surface area contributed by atoms with Gasteiger partial charge in [0.15, 0.2) is 0 Å². The van der Waals surface area contributed by atoms with E-state index in [0.29, 0.717) is 6.04 Å². The van der Waals surface area contributed by atoms with Gasteiger partial charge in [0.05, 0.1) is 0 Å². The Hall–Kier alpha value is -0.240. The number of carbonyl (C=O) groups excluding carboxylic acids is 1. The Balaban J connectivity index is 2.45. The number of rotatable bonds is 2. The lowest BCUT2D eigenvalue weighted by Gasteiger charge is -2.25. The van der Waals surface area contributed by atoms with Crippen molar-refractivity contribution >= 4 is 17.5 Å². The molecule has 1 fully saturated rings. The Morgan fingerprint density at radius 1 is 1.50 bits per heavy atom. The summed E-state index contributed by atoms with van der Waals surface area (Å²) >= 11 is 5.71. The van der Waals surface area contributed by atoms with Crippen LogP contribution in [0, 0.1) is 0 Å². The molecule has 70 valence electrons. The van der Waals surface area contributed by atoms with E-state index in [9.17, 15) is 4.79 Å². The van der Waals surface area contributed by atoms with Crippen molar-refractivity contribution in [2.24, 2.45) is 0 Å². The molecule has 1 saturated carbocycles. The minimum atomic E-state index is -0.379. The zero-order chi connectivity index (χ0) is 9.14. The fraction of sp³-hybridized carbons (Fsp3) is 0.889. The molecule has 0 bridgehead atoms. The minimum absolute atomic E-state index is 0.0589. The van der Waals surface area contributed by atoms with Crippen LogP contribution in [-0.2, 0) is 4.79 Å². The van der Waals surface area contributed by atoms with Gasteiger partial charge in [0.25, 0.3) is 0 Å². The Kier molecular flexibility index (Phi) is 3.39. The lowest BCUT2D eigenvalue weighted by atomic mass is 10.2. The molecule has 0 spiro atoms. The van der Waals surface area contributed by atoms with Crippen LogP contribution in [-0.4, -0.2) is 29.3 Å². The maximum absolute atomic E-state index is 11.4. The highest BCUT2D eigenvalue weighted by Crippen LogP contribution is 2.23. The van der Waals surface area contributed by atoms with Gasteiger partial charge in [0.2, 0.25) is 5.91 Å². The molecule has 2 nitrogen and oxygen atoms in total. The summed E-state index contributed by atoms with van der Waals surface area (Å²) in [6.07, 6.45) is 4.79. The standard InChI is InChI=1S/C9H16ClNO/c1-7(10)9(12)11(2)8-5-3-4-6-8/h7-8H,3-6H2,1-2H3. The second-order valence-electron chi connectivity index (χ2n) is 3.50. The summed E-state index contributed by atoms with van der Waals surface area (Å²) in [5, 5.41) is -0.379. The Bertz CT molecular complexity index is 164. The fourth-order valence-corrected chi connectivity index (χ4v) is 1.91. The average Bonchev–Trinajstić information content (AvgIpc) is 2.53. The predicted octanol–water partition coefficient (Wildman–Crippen LogP) is 2.01. The number of carbonyl (C=O) groups is 1. The third kappa shape index (κ3) is 2.13. The van der Waals surface area contributed by atoms with Gasteiger partial charge < -0.3 is 4.90 Å². The number of hydrogen-bond acceptors (Lipinski definition) is 1. The van der Waals surface area contributed by atoms with Crippen LogP contribution in [0.15, 0.2) is 0 Å². The van der Waals surface area contributed by atoms with Gasteiger partial charge >= 0.3 is 0 Å². The molecule has 1 amide bonds. The molecular weight excluding hydrogens is 174 g/mol. The number of amides is 1. The highest BCUT2D eigenvalue weighted by Gasteiger charge is 2.25. The summed E-state index contributed by atoms with van der Waals surface area (Å²) in [5.41, 5.74) is 0. The first-order chi connectivity index (χ1) is 5.63. The number of hydrogen-bond donors (Lipinski definition) is 0. The first kappa shape index (κ1) is 9.85. The van der Waals surface area contributed by atoms with Crippen LogP contribution in [0.4, 0.5) is 0 Å². The van der Waals surface area contributed by atoms with Gasteiger partial charge in [-0.15, -0.1) is 11.6 Å². The normalized spacial score (nSPS) is 20.9. The molecule has 0 saturated heterocycles. The van der Waals surface area contributed by atoms with Gasteiger partial charge in [-0.1, -0.05) is 12.8 Å². The molecule has 1 aliphatic carbocycles. The van der Waals surface area contributed by atoms with Crippen LogP contribution < -0.4 is 0 Å². The lowest BCUT2D eigenvalue weighted by Crippen LogP contribution is -2.38. The number of nitrogens with zero attached hydrogens (tertiary/aromatic N) is 1. The summed E-state index contributed by atoms with van der Waals surface area (Å²) in [4.78, 5) is 13.2. The monoisotopic (exact) mass is 189 g/mol. The minimum Gasteiger partial charge on any atom is -0.342 e. The molecule has 0 aliphatic heterocycles. The second-order valence-corrected chi connectivity index (χ2v) is 4.16. The maximum atomic E-state index is 11.4. The van der Waals surface area contributed by atoms with Crippen molar-refractivity contribution in [3.8, 4) is 0 Å². The molecule has 0 heterocycles. The fourth-order valence-electron chi connectivity index (χ4n) is 1.75. The Morgan fingerprint density at radius 2 is 2.00 bits per heavy atom. The zero-order valence-corrected chi connectivity index (χ0v) is 8.47. The first-order valence-electron chi connectivity index (χ1n) is 4.53. The maximum Gasteiger partial charge on any atom is 0.240 e. The Morgan fingerprint density at radius 3 is 2.42 bits per heavy atom. The summed E-state index contributed by atoms with van der Waals surface area (Å²) in [6, 6.07) is 0.443. The predicted molar refractivity (Wildman–Crippen MR) is 50.3 cm³/mol. The first-order valence-corrected chi connectivity index (χ1v) is 4.97. The van der Waals surface area contributed by atoms with E-state index in [4.69, 9.17) is 11.6 Å². The van der Waals surface area contributed by atoms with Crippen molar-refractivity contribution in [2.45, 2.75) is 44.0 Å². The van der Waals surface area contributed by atoms with E-state index in [-0.39, 0.29) is 11.3 Å². The SMILES string of the molecule is CC(Cl)C(=O)N(C)C1CCCC1. The molecule has 0 radical (unpaired) electrons. The van der Waals surface area contributed by atoms with E-state index >= 15 is 0 Å². The summed E-state index contributed by atoms with van der Waals surface area (Å²) in [5.74, 6) is 0.0589. The third-order valence-corrected chi connectivity index (χ3v) is 2.75. The molecule has 1 unspecified atom stereocenters. The van der Waals surface area contributed by atoms with Crippen molar-refractivity contribution in [1.82, 2.24) is 4.90 Å². The van der Waals surface area contributed by atoms with Crippen molar-refractivity contribution in [1.29, 1.82) is 0 Å². The largest absolute Gasteiger partial charge is 0.342 e. The molecule has 1 aliphatic rings. The van der Waals surface area contributed by atoms with Crippen LogP contribution in [0.25, 0.3) is 0 Å². The zero-order valence-electron chi connectivity index (χ0n) is 7.72. The van der Waals surface area contributed by atoms with Crippen molar-refractivity contribution in [2.75, 3.05) is 7.05 Å². The topological polar surface area (TPSA) is 20.3 Å². The van der Waals surface area contributed by atoms with Gasteiger partial charge in [-0.25, -0.2) is 0 Å². The van der Waals surface area contributed by atoms with Crippen molar-refractivity contribution < 1.29 is 4.79 Å². The van der Waals surface area contributed by atoms with E-state index in [1.807, 2.05) is 11.9 Å².